The van der Waals surface area contributed by atoms with Crippen LogP contribution in [0.15, 0.2) is 34.5 Å². The van der Waals surface area contributed by atoms with Gasteiger partial charge in [0.15, 0.2) is 0 Å². The highest BCUT2D eigenvalue weighted by Crippen LogP contribution is 2.32. The first-order chi connectivity index (χ1) is 5.61. The van der Waals surface area contributed by atoms with Crippen LogP contribution >= 0.6 is 11.9 Å². The van der Waals surface area contributed by atoms with Crippen LogP contribution < -0.4 is 16.2 Å². The lowest BCUT2D eigenvalue weighted by Crippen LogP contribution is -2.38. The van der Waals surface area contributed by atoms with Crippen LogP contribution in [0.5, 0.6) is 0 Å². The number of nitrogens with two attached hydrogens (primary N) is 2. The van der Waals surface area contributed by atoms with Gasteiger partial charge in [0.05, 0.1) is 16.9 Å². The maximum Gasteiger partial charge on any atom is 0.0744 e. The highest BCUT2D eigenvalue weighted by atomic mass is 32.2. The van der Waals surface area contributed by atoms with Gasteiger partial charge in [-0.15, -0.1) is 0 Å². The monoisotopic (exact) mass is 181 g/mol. The van der Waals surface area contributed by atoms with Crippen molar-refractivity contribution in [1.29, 1.82) is 0 Å². The lowest BCUT2D eigenvalue weighted by Gasteiger charge is -2.17. The molecular formula is C8H11N3S. The average Bonchev–Trinajstić information content (AvgIpc) is 2.24. The zero-order chi connectivity index (χ0) is 8.77. The molecule has 0 unspecified atom stereocenters. The van der Waals surface area contributed by atoms with E-state index in [1.165, 1.54) is 11.9 Å². The van der Waals surface area contributed by atoms with E-state index in [4.69, 9.17) is 11.5 Å². The van der Waals surface area contributed by atoms with Crippen molar-refractivity contribution in [3.63, 3.8) is 0 Å². The van der Waals surface area contributed by atoms with Gasteiger partial charge in [0.1, 0.15) is 0 Å². The maximum absolute atomic E-state index is 5.94. The van der Waals surface area contributed by atoms with Crippen LogP contribution in [0.2, 0.25) is 0 Å². The number of nitrogens with one attached hydrogen (secondary N) is 1. The van der Waals surface area contributed by atoms with Gasteiger partial charge in [-0.05, 0) is 42.0 Å². The Balaban J connectivity index is 2.51. The molecule has 2 rings (SSSR count). The van der Waals surface area contributed by atoms with E-state index in [0.717, 1.165) is 11.3 Å². The summed E-state index contributed by atoms with van der Waals surface area (Å²) in [6.45, 7) is 1.90. The number of allylic oxidation sites excluding steroid dienone is 1. The fourth-order valence-corrected chi connectivity index (χ4v) is 1.97. The molecular weight excluding hydrogens is 170 g/mol. The molecule has 1 aliphatic carbocycles. The average molecular weight is 181 g/mol. The van der Waals surface area contributed by atoms with Crippen molar-refractivity contribution in [2.75, 3.05) is 0 Å². The van der Waals surface area contributed by atoms with E-state index >= 15 is 0 Å². The van der Waals surface area contributed by atoms with Crippen LogP contribution in [-0.2, 0) is 0 Å². The minimum absolute atomic E-state index is 0.493. The zero-order valence-corrected chi connectivity index (χ0v) is 7.61. The number of hydrogen-bond acceptors (Lipinski definition) is 4. The van der Waals surface area contributed by atoms with Crippen molar-refractivity contribution in [3.05, 3.63) is 34.5 Å². The smallest absolute Gasteiger partial charge is 0.0744 e. The molecule has 0 saturated carbocycles. The third-order valence-corrected chi connectivity index (χ3v) is 2.66. The van der Waals surface area contributed by atoms with E-state index in [0.29, 0.717) is 5.70 Å². The molecule has 0 radical (unpaired) electrons. The molecule has 1 aliphatic heterocycles. The molecule has 1 heterocycles. The third-order valence-electron chi connectivity index (χ3n) is 2.07. The van der Waals surface area contributed by atoms with Crippen LogP contribution in [0.4, 0.5) is 0 Å². The number of hydrogen-bond donors (Lipinski definition) is 3. The van der Waals surface area contributed by atoms with Gasteiger partial charge in [0.25, 0.3) is 0 Å². The van der Waals surface area contributed by atoms with E-state index in [9.17, 15) is 0 Å². The Kier molecular flexibility index (Phi) is 1.49. The highest BCUT2D eigenvalue weighted by molar-refractivity contribution is 8.00. The summed E-state index contributed by atoms with van der Waals surface area (Å²) in [6.07, 6.45) is 3.99. The molecule has 64 valence electrons. The molecule has 3 nitrogen and oxygen atoms in total. The maximum atomic E-state index is 5.94. The molecule has 2 aliphatic rings. The first kappa shape index (κ1) is 7.76. The molecule has 0 spiro atoms. The Hall–Kier alpha value is -0.870. The largest absolute Gasteiger partial charge is 0.399 e. The summed E-state index contributed by atoms with van der Waals surface area (Å²) in [5, 5.41) is 1.98. The van der Waals surface area contributed by atoms with Crippen molar-refractivity contribution in [1.82, 2.24) is 4.72 Å². The Labute approximate surface area is 75.7 Å². The Bertz CT molecular complexity index is 312. The summed E-state index contributed by atoms with van der Waals surface area (Å²) >= 11 is 1.51. The van der Waals surface area contributed by atoms with Gasteiger partial charge in [-0.25, -0.2) is 0 Å². The van der Waals surface area contributed by atoms with Crippen molar-refractivity contribution in [2.45, 2.75) is 12.5 Å². The summed E-state index contributed by atoms with van der Waals surface area (Å²) in [5.41, 5.74) is 14.1. The molecule has 12 heavy (non-hydrogen) atoms. The molecule has 0 aromatic heterocycles. The summed E-state index contributed by atoms with van der Waals surface area (Å²) in [7, 11) is 0. The Morgan fingerprint density at radius 1 is 1.58 bits per heavy atom. The number of fused-ring (bicyclic) bond motifs is 1. The summed E-state index contributed by atoms with van der Waals surface area (Å²) < 4.78 is 3.12. The van der Waals surface area contributed by atoms with Crippen LogP contribution in [0.1, 0.15) is 6.92 Å². The standard InChI is InChI=1S/C8H11N3S/c1-8(10)4-5-2-3-12-11-6(5)7(8)9/h2-4,11H,9-10H2,1H3/t8-/m0/s1. The lowest BCUT2D eigenvalue weighted by atomic mass is 10.0. The minimum Gasteiger partial charge on any atom is -0.399 e. The fraction of sp³-hybridized carbons (Fsp3) is 0.250. The van der Waals surface area contributed by atoms with E-state index in [1.54, 1.807) is 0 Å². The Morgan fingerprint density at radius 2 is 2.33 bits per heavy atom. The normalized spacial score (nSPS) is 33.0. The third kappa shape index (κ3) is 0.956. The van der Waals surface area contributed by atoms with Crippen LogP contribution in [-0.4, -0.2) is 5.54 Å². The van der Waals surface area contributed by atoms with E-state index in [2.05, 4.69) is 4.72 Å². The molecule has 0 saturated heterocycles. The van der Waals surface area contributed by atoms with Gasteiger partial charge in [-0.3, -0.25) is 0 Å². The molecule has 4 heteroatoms. The predicted molar refractivity (Wildman–Crippen MR) is 51.8 cm³/mol. The molecule has 1 atom stereocenters. The first-order valence-electron chi connectivity index (χ1n) is 3.72. The second kappa shape index (κ2) is 2.31. The molecule has 0 aromatic carbocycles. The van der Waals surface area contributed by atoms with Crippen molar-refractivity contribution < 1.29 is 0 Å². The van der Waals surface area contributed by atoms with Crippen LogP contribution in [0.25, 0.3) is 0 Å². The zero-order valence-electron chi connectivity index (χ0n) is 6.79. The van der Waals surface area contributed by atoms with Gasteiger partial charge in [0.2, 0.25) is 0 Å². The van der Waals surface area contributed by atoms with Crippen molar-refractivity contribution in [2.24, 2.45) is 11.5 Å². The summed E-state index contributed by atoms with van der Waals surface area (Å²) in [5.74, 6) is 0. The quantitative estimate of drug-likeness (QED) is 0.478. The van der Waals surface area contributed by atoms with Crippen LogP contribution in [0, 0.1) is 0 Å². The first-order valence-corrected chi connectivity index (χ1v) is 4.60. The van der Waals surface area contributed by atoms with Gasteiger partial charge in [-0.1, -0.05) is 0 Å². The van der Waals surface area contributed by atoms with Gasteiger partial charge in [0, 0.05) is 0 Å². The molecule has 5 N–H and O–H groups in total. The van der Waals surface area contributed by atoms with Crippen molar-refractivity contribution in [3.8, 4) is 0 Å². The van der Waals surface area contributed by atoms with E-state index in [1.807, 2.05) is 24.5 Å². The number of rotatable bonds is 0. The summed E-state index contributed by atoms with van der Waals surface area (Å²) in [4.78, 5) is 0. The van der Waals surface area contributed by atoms with Crippen LogP contribution in [0.3, 0.4) is 0 Å². The van der Waals surface area contributed by atoms with E-state index < -0.39 is 5.54 Å². The fourth-order valence-electron chi connectivity index (χ4n) is 1.34. The summed E-state index contributed by atoms with van der Waals surface area (Å²) in [6, 6.07) is 0. The molecule has 0 fully saturated rings. The van der Waals surface area contributed by atoms with Gasteiger partial charge < -0.3 is 16.2 Å². The second-order valence-corrected chi connectivity index (χ2v) is 3.91. The topological polar surface area (TPSA) is 64.1 Å². The predicted octanol–water partition coefficient (Wildman–Crippen LogP) is 0.579. The van der Waals surface area contributed by atoms with Crippen molar-refractivity contribution >= 4 is 11.9 Å². The molecule has 0 aromatic rings. The van der Waals surface area contributed by atoms with Gasteiger partial charge in [-0.2, -0.15) is 0 Å². The molecule has 0 amide bonds. The van der Waals surface area contributed by atoms with E-state index in [-0.39, 0.29) is 0 Å². The lowest BCUT2D eigenvalue weighted by molar-refractivity contribution is 0.683. The second-order valence-electron chi connectivity index (χ2n) is 3.19. The molecule has 0 bridgehead atoms. The highest BCUT2D eigenvalue weighted by Gasteiger charge is 2.31. The Morgan fingerprint density at radius 3 is 3.00 bits per heavy atom. The van der Waals surface area contributed by atoms with Gasteiger partial charge >= 0.3 is 0 Å². The minimum atomic E-state index is -0.493. The SMILES string of the molecule is C[C@]1(N)C=C2C=CSNC2=C1N.